The number of Topliss-reactive ketones (excluding diaryl/α,β-unsaturated/α-hetero) is 1. The molecule has 2 aliphatic heterocycles. The summed E-state index contributed by atoms with van der Waals surface area (Å²) in [6.45, 7) is 8.42. The maximum Gasteiger partial charge on any atom is 0.336 e. The van der Waals surface area contributed by atoms with E-state index in [-0.39, 0.29) is 54.2 Å². The summed E-state index contributed by atoms with van der Waals surface area (Å²) in [6, 6.07) is 0. The number of esters is 1. The lowest BCUT2D eigenvalue weighted by molar-refractivity contribution is -0.183. The lowest BCUT2D eigenvalue weighted by atomic mass is 9.43. The fourth-order valence-electron chi connectivity index (χ4n) is 10.2. The number of aliphatic hydroxyl groups is 2. The summed E-state index contributed by atoms with van der Waals surface area (Å²) < 4.78 is 17.7. The number of aliphatic hydroxyl groups excluding tert-OH is 2. The van der Waals surface area contributed by atoms with E-state index in [1.54, 1.807) is 7.11 Å². The van der Waals surface area contributed by atoms with Gasteiger partial charge in [-0.15, -0.1) is 0 Å². The Morgan fingerprint density at radius 1 is 1.14 bits per heavy atom. The summed E-state index contributed by atoms with van der Waals surface area (Å²) in [5.41, 5.74) is 0.0291. The average molecular weight is 503 g/mol. The van der Waals surface area contributed by atoms with Crippen molar-refractivity contribution in [3.05, 3.63) is 11.1 Å². The highest BCUT2D eigenvalue weighted by Crippen LogP contribution is 2.73. The quantitative estimate of drug-likeness (QED) is 0.449. The van der Waals surface area contributed by atoms with Crippen molar-refractivity contribution in [3.63, 3.8) is 0 Å². The third kappa shape index (κ3) is 2.95. The molecule has 7 nitrogen and oxygen atoms in total. The first-order chi connectivity index (χ1) is 17.0. The van der Waals surface area contributed by atoms with Gasteiger partial charge in [0.1, 0.15) is 23.6 Å². The van der Waals surface area contributed by atoms with Gasteiger partial charge in [0, 0.05) is 20.0 Å². The standard InChI is InChI=1S/C29H42O7/c1-14-10-21(35-26(33)17(14)13-30)15(2)18-6-7-19-16-11-24-29(36-24)25(32)22(34-5)12-23(31)28(29,4)20(16)8-9-27(18,19)3/h15-16,18-22,24-25,30,32H,6-13H2,1-5H3/t15?,16?,18?,19?,20?,21?,22?,24?,25?,27-,28+,29+/m1/s1. The second-order valence-electron chi connectivity index (χ2n) is 13.2. The topological polar surface area (TPSA) is 106 Å². The lowest BCUT2D eigenvalue weighted by Gasteiger charge is -2.59. The van der Waals surface area contributed by atoms with Gasteiger partial charge in [-0.05, 0) is 81.0 Å². The zero-order chi connectivity index (χ0) is 25.8. The second-order valence-corrected chi connectivity index (χ2v) is 13.2. The predicted octanol–water partition coefficient (Wildman–Crippen LogP) is 3.20. The van der Waals surface area contributed by atoms with Gasteiger partial charge in [-0.25, -0.2) is 4.79 Å². The Kier molecular flexibility index (Phi) is 5.64. The number of carbonyl (C=O) groups is 2. The molecular weight excluding hydrogens is 460 g/mol. The van der Waals surface area contributed by atoms with Gasteiger partial charge in [-0.1, -0.05) is 19.4 Å². The Morgan fingerprint density at radius 3 is 2.56 bits per heavy atom. The molecular formula is C29H42O7. The molecule has 6 rings (SSSR count). The number of cyclic esters (lactones) is 1. The van der Waals surface area contributed by atoms with Gasteiger partial charge in [0.15, 0.2) is 0 Å². The van der Waals surface area contributed by atoms with Crippen LogP contribution in [-0.4, -0.2) is 65.7 Å². The summed E-state index contributed by atoms with van der Waals surface area (Å²) in [5.74, 6) is 1.61. The molecule has 0 aromatic carbocycles. The van der Waals surface area contributed by atoms with E-state index in [9.17, 15) is 19.8 Å². The van der Waals surface area contributed by atoms with E-state index in [0.29, 0.717) is 29.7 Å². The highest BCUT2D eigenvalue weighted by Gasteiger charge is 2.82. The number of carbonyl (C=O) groups excluding carboxylic acids is 2. The number of epoxide rings is 1. The van der Waals surface area contributed by atoms with Crippen LogP contribution in [0.5, 0.6) is 0 Å². The van der Waals surface area contributed by atoms with Crippen LogP contribution in [0.1, 0.15) is 72.6 Å². The van der Waals surface area contributed by atoms with Crippen molar-refractivity contribution in [2.45, 2.75) is 103 Å². The highest BCUT2D eigenvalue weighted by atomic mass is 16.6. The molecule has 7 heteroatoms. The van der Waals surface area contributed by atoms with E-state index < -0.39 is 23.2 Å². The number of ketones is 1. The molecule has 2 N–H and O–H groups in total. The Balaban J connectivity index is 1.26. The Hall–Kier alpha value is -1.28. The minimum atomic E-state index is -0.784. The van der Waals surface area contributed by atoms with Crippen LogP contribution >= 0.6 is 0 Å². The molecule has 2 heterocycles. The minimum absolute atomic E-state index is 0.0801. The number of rotatable bonds is 4. The monoisotopic (exact) mass is 502 g/mol. The molecule has 200 valence electrons. The number of hydrogen-bond donors (Lipinski definition) is 2. The molecule has 0 radical (unpaired) electrons. The van der Waals surface area contributed by atoms with Gasteiger partial charge in [0.25, 0.3) is 0 Å². The zero-order valence-corrected chi connectivity index (χ0v) is 22.3. The average Bonchev–Trinajstić information content (AvgIpc) is 3.47. The van der Waals surface area contributed by atoms with Crippen molar-refractivity contribution < 1.29 is 34.0 Å². The van der Waals surface area contributed by atoms with E-state index >= 15 is 0 Å². The number of fused-ring (bicyclic) bond motifs is 4. The predicted molar refractivity (Wildman–Crippen MR) is 131 cm³/mol. The molecule has 36 heavy (non-hydrogen) atoms. The maximum absolute atomic E-state index is 13.7. The van der Waals surface area contributed by atoms with Crippen LogP contribution < -0.4 is 0 Å². The summed E-state index contributed by atoms with van der Waals surface area (Å²) in [4.78, 5) is 26.2. The molecule has 12 atom stereocenters. The van der Waals surface area contributed by atoms with Crippen LogP contribution in [0.15, 0.2) is 11.1 Å². The molecule has 5 fully saturated rings. The molecule has 0 aromatic heterocycles. The van der Waals surface area contributed by atoms with Gasteiger partial charge in [-0.3, -0.25) is 4.79 Å². The van der Waals surface area contributed by atoms with E-state index in [1.807, 2.05) is 6.92 Å². The van der Waals surface area contributed by atoms with Gasteiger partial charge < -0.3 is 24.4 Å². The lowest BCUT2D eigenvalue weighted by Crippen LogP contribution is -2.68. The summed E-state index contributed by atoms with van der Waals surface area (Å²) in [7, 11) is 1.57. The fraction of sp³-hybridized carbons (Fsp3) is 0.862. The molecule has 6 aliphatic rings. The van der Waals surface area contributed by atoms with Crippen molar-refractivity contribution >= 4 is 11.8 Å². The highest BCUT2D eigenvalue weighted by molar-refractivity contribution is 5.90. The van der Waals surface area contributed by atoms with Crippen LogP contribution in [0.25, 0.3) is 0 Å². The number of ether oxygens (including phenoxy) is 3. The Labute approximate surface area is 213 Å². The largest absolute Gasteiger partial charge is 0.458 e. The molecule has 0 aromatic rings. The second kappa shape index (κ2) is 8.11. The van der Waals surface area contributed by atoms with E-state index in [2.05, 4.69) is 20.8 Å². The maximum atomic E-state index is 13.7. The van der Waals surface area contributed by atoms with E-state index in [4.69, 9.17) is 14.2 Å². The zero-order valence-electron chi connectivity index (χ0n) is 22.3. The first-order valence-electron chi connectivity index (χ1n) is 14.0. The van der Waals surface area contributed by atoms with Crippen molar-refractivity contribution in [1.82, 2.24) is 0 Å². The van der Waals surface area contributed by atoms with E-state index in [0.717, 1.165) is 37.7 Å². The third-order valence-electron chi connectivity index (χ3n) is 12.3. The number of hydrogen-bond acceptors (Lipinski definition) is 7. The first kappa shape index (κ1) is 25.0. The third-order valence-corrected chi connectivity index (χ3v) is 12.3. The Morgan fingerprint density at radius 2 is 1.89 bits per heavy atom. The molecule has 0 amide bonds. The molecule has 1 saturated heterocycles. The van der Waals surface area contributed by atoms with Crippen LogP contribution in [-0.2, 0) is 23.8 Å². The summed E-state index contributed by atoms with van der Waals surface area (Å²) in [5, 5.41) is 20.8. The van der Waals surface area contributed by atoms with Gasteiger partial charge in [0.2, 0.25) is 0 Å². The van der Waals surface area contributed by atoms with Crippen molar-refractivity contribution in [2.24, 2.45) is 40.4 Å². The molecule has 4 aliphatic carbocycles. The van der Waals surface area contributed by atoms with Gasteiger partial charge in [0.05, 0.1) is 29.8 Å². The molecule has 4 saturated carbocycles. The van der Waals surface area contributed by atoms with Crippen molar-refractivity contribution in [1.29, 1.82) is 0 Å². The van der Waals surface area contributed by atoms with E-state index in [1.165, 1.54) is 0 Å². The molecule has 9 unspecified atom stereocenters. The molecule has 1 spiro atoms. The van der Waals surface area contributed by atoms with Crippen LogP contribution in [0.2, 0.25) is 0 Å². The van der Waals surface area contributed by atoms with Gasteiger partial charge in [-0.2, -0.15) is 0 Å². The minimum Gasteiger partial charge on any atom is -0.458 e. The number of methoxy groups -OCH3 is 1. The van der Waals surface area contributed by atoms with Crippen molar-refractivity contribution in [3.8, 4) is 0 Å². The SMILES string of the molecule is COC1CC(=O)[C@]2(C)C3CC[C@]4(C)C(C(C)C5CC(C)=C(CO)C(=O)O5)CCC4C3CC3O[C@]32C1O. The first-order valence-corrected chi connectivity index (χ1v) is 14.0. The van der Waals surface area contributed by atoms with Crippen molar-refractivity contribution in [2.75, 3.05) is 13.7 Å². The van der Waals surface area contributed by atoms with Gasteiger partial charge >= 0.3 is 5.97 Å². The normalized spacial score (nSPS) is 52.6. The summed E-state index contributed by atoms with van der Waals surface area (Å²) >= 11 is 0. The fourth-order valence-corrected chi connectivity index (χ4v) is 10.2. The smallest absolute Gasteiger partial charge is 0.336 e. The van der Waals surface area contributed by atoms with Crippen LogP contribution in [0, 0.1) is 40.4 Å². The Bertz CT molecular complexity index is 1010. The molecule has 0 bridgehead atoms. The van der Waals surface area contributed by atoms with Crippen LogP contribution in [0.3, 0.4) is 0 Å². The summed E-state index contributed by atoms with van der Waals surface area (Å²) in [6.07, 6.45) is 4.59. The van der Waals surface area contributed by atoms with Crippen LogP contribution in [0.4, 0.5) is 0 Å².